The minimum atomic E-state index is -0.500. The Morgan fingerprint density at radius 1 is 1.43 bits per heavy atom. The van der Waals surface area contributed by atoms with Gasteiger partial charge in [0, 0.05) is 0 Å². The molecule has 0 aromatic heterocycles. The maximum Gasteiger partial charge on any atom is 0.316 e. The molecule has 124 valence electrons. The Labute approximate surface area is 136 Å². The van der Waals surface area contributed by atoms with Crippen molar-refractivity contribution in [1.82, 2.24) is 0 Å². The molecule has 0 aliphatic carbocycles. The summed E-state index contributed by atoms with van der Waals surface area (Å²) in [7, 11) is 1.57. The molecule has 0 unspecified atom stereocenters. The molecule has 0 bridgehead atoms. The number of hydrogen-bond acceptors (Lipinski definition) is 5. The quantitative estimate of drug-likeness (QED) is 0.571. The van der Waals surface area contributed by atoms with Crippen molar-refractivity contribution >= 4 is 5.97 Å². The summed E-state index contributed by atoms with van der Waals surface area (Å²) < 4.78 is 21.8. The average molecular weight is 318 g/mol. The van der Waals surface area contributed by atoms with Crippen LogP contribution in [0.25, 0.3) is 0 Å². The zero-order valence-corrected chi connectivity index (χ0v) is 13.5. The number of rotatable bonds is 7. The van der Waals surface area contributed by atoms with Crippen LogP contribution >= 0.6 is 0 Å². The second-order valence-corrected chi connectivity index (χ2v) is 5.13. The van der Waals surface area contributed by atoms with Gasteiger partial charge in [0.2, 0.25) is 0 Å². The van der Waals surface area contributed by atoms with E-state index in [4.69, 9.17) is 18.9 Å². The number of carbonyl (C=O) groups is 1. The molecule has 0 N–H and O–H groups in total. The zero-order valence-electron chi connectivity index (χ0n) is 13.5. The Morgan fingerprint density at radius 3 is 2.87 bits per heavy atom. The van der Waals surface area contributed by atoms with E-state index in [9.17, 15) is 4.79 Å². The molecule has 1 heterocycles. The van der Waals surface area contributed by atoms with E-state index in [1.54, 1.807) is 26.2 Å². The summed E-state index contributed by atoms with van der Waals surface area (Å²) in [5.41, 5.74) is 1.55. The average Bonchev–Trinajstić information content (AvgIpc) is 2.94. The van der Waals surface area contributed by atoms with Gasteiger partial charge in [-0.05, 0) is 30.2 Å². The van der Waals surface area contributed by atoms with E-state index in [-0.39, 0.29) is 5.97 Å². The molecule has 0 saturated carbocycles. The fourth-order valence-corrected chi connectivity index (χ4v) is 2.54. The van der Waals surface area contributed by atoms with Crippen molar-refractivity contribution in [3.63, 3.8) is 0 Å². The highest BCUT2D eigenvalue weighted by atomic mass is 16.5. The highest BCUT2D eigenvalue weighted by molar-refractivity contribution is 5.77. The van der Waals surface area contributed by atoms with Gasteiger partial charge in [0.15, 0.2) is 11.5 Å². The molecule has 1 aromatic rings. The SMILES string of the molecule is C=CCOc1ccc([C@H]2OCC(=C)[C@@H]2C(=O)OCC)cc1OC. The molecule has 1 saturated heterocycles. The first-order chi connectivity index (χ1) is 11.1. The first kappa shape index (κ1) is 17.1. The molecule has 1 aromatic carbocycles. The second kappa shape index (κ2) is 7.83. The lowest BCUT2D eigenvalue weighted by Gasteiger charge is -2.19. The second-order valence-electron chi connectivity index (χ2n) is 5.13. The number of hydrogen-bond donors (Lipinski definition) is 0. The predicted molar refractivity (Wildman–Crippen MR) is 86.6 cm³/mol. The van der Waals surface area contributed by atoms with Crippen molar-refractivity contribution in [3.8, 4) is 11.5 Å². The third kappa shape index (κ3) is 3.74. The van der Waals surface area contributed by atoms with E-state index in [0.29, 0.717) is 31.3 Å². The summed E-state index contributed by atoms with van der Waals surface area (Å²) in [6.45, 7) is 10.4. The Morgan fingerprint density at radius 2 is 2.22 bits per heavy atom. The third-order valence-corrected chi connectivity index (χ3v) is 3.60. The summed E-state index contributed by atoms with van der Waals surface area (Å²) >= 11 is 0. The molecule has 0 radical (unpaired) electrons. The molecule has 5 nitrogen and oxygen atoms in total. The summed E-state index contributed by atoms with van der Waals surface area (Å²) in [4.78, 5) is 12.2. The van der Waals surface area contributed by atoms with Crippen LogP contribution in [0.1, 0.15) is 18.6 Å². The number of benzene rings is 1. The van der Waals surface area contributed by atoms with Crippen LogP contribution in [-0.4, -0.2) is 32.9 Å². The van der Waals surface area contributed by atoms with Gasteiger partial charge in [-0.25, -0.2) is 0 Å². The lowest BCUT2D eigenvalue weighted by atomic mass is 9.92. The van der Waals surface area contributed by atoms with Crippen LogP contribution < -0.4 is 9.47 Å². The topological polar surface area (TPSA) is 54.0 Å². The predicted octanol–water partition coefficient (Wildman–Crippen LogP) is 3.07. The standard InChI is InChI=1S/C18H22O5/c1-5-9-22-14-8-7-13(10-15(14)20-4)17-16(12(3)11-23-17)18(19)21-6-2/h5,7-8,10,16-17H,1,3,6,9,11H2,2,4H3/t16-,17+/m0/s1. The van der Waals surface area contributed by atoms with Crippen molar-refractivity contribution in [1.29, 1.82) is 0 Å². The van der Waals surface area contributed by atoms with Crippen LogP contribution in [-0.2, 0) is 14.3 Å². The Bertz CT molecular complexity index is 593. The van der Waals surface area contributed by atoms with Crippen LogP contribution in [0, 0.1) is 5.92 Å². The monoisotopic (exact) mass is 318 g/mol. The van der Waals surface area contributed by atoms with Gasteiger partial charge in [-0.3, -0.25) is 4.79 Å². The van der Waals surface area contributed by atoms with Gasteiger partial charge in [-0.1, -0.05) is 25.3 Å². The first-order valence-electron chi connectivity index (χ1n) is 7.49. The van der Waals surface area contributed by atoms with Crippen molar-refractivity contribution in [3.05, 3.63) is 48.6 Å². The van der Waals surface area contributed by atoms with Crippen molar-refractivity contribution < 1.29 is 23.7 Å². The minimum absolute atomic E-state index is 0.314. The molecule has 1 aliphatic rings. The summed E-state index contributed by atoms with van der Waals surface area (Å²) in [5, 5.41) is 0. The van der Waals surface area contributed by atoms with Crippen molar-refractivity contribution in [2.24, 2.45) is 5.92 Å². The number of carbonyl (C=O) groups excluding carboxylic acids is 1. The normalized spacial score (nSPS) is 20.2. The maximum absolute atomic E-state index is 12.2. The zero-order chi connectivity index (χ0) is 16.8. The highest BCUT2D eigenvalue weighted by Crippen LogP contribution is 2.41. The maximum atomic E-state index is 12.2. The molecule has 23 heavy (non-hydrogen) atoms. The summed E-state index contributed by atoms with van der Waals surface area (Å²) in [6.07, 6.45) is 1.23. The largest absolute Gasteiger partial charge is 0.493 e. The molecular formula is C18H22O5. The fraction of sp³-hybridized carbons (Fsp3) is 0.389. The van der Waals surface area contributed by atoms with Crippen LogP contribution in [0.3, 0.4) is 0 Å². The van der Waals surface area contributed by atoms with E-state index in [0.717, 1.165) is 11.1 Å². The van der Waals surface area contributed by atoms with Gasteiger partial charge in [0.1, 0.15) is 18.6 Å². The molecule has 2 atom stereocenters. The summed E-state index contributed by atoms with van der Waals surface area (Å²) in [6, 6.07) is 5.47. The molecule has 1 fully saturated rings. The number of esters is 1. The van der Waals surface area contributed by atoms with Gasteiger partial charge in [-0.2, -0.15) is 0 Å². The Balaban J connectivity index is 2.27. The van der Waals surface area contributed by atoms with Crippen molar-refractivity contribution in [2.75, 3.05) is 26.9 Å². The van der Waals surface area contributed by atoms with E-state index >= 15 is 0 Å². The highest BCUT2D eigenvalue weighted by Gasteiger charge is 2.39. The Kier molecular flexibility index (Phi) is 5.82. The van der Waals surface area contributed by atoms with Gasteiger partial charge < -0.3 is 18.9 Å². The van der Waals surface area contributed by atoms with Crippen LogP contribution in [0.2, 0.25) is 0 Å². The van der Waals surface area contributed by atoms with Crippen LogP contribution in [0.5, 0.6) is 11.5 Å². The van der Waals surface area contributed by atoms with Crippen molar-refractivity contribution in [2.45, 2.75) is 13.0 Å². The lowest BCUT2D eigenvalue weighted by Crippen LogP contribution is -2.22. The molecule has 0 amide bonds. The van der Waals surface area contributed by atoms with E-state index in [2.05, 4.69) is 13.2 Å². The molecule has 0 spiro atoms. The van der Waals surface area contributed by atoms with E-state index in [1.165, 1.54) is 0 Å². The lowest BCUT2D eigenvalue weighted by molar-refractivity contribution is -0.148. The van der Waals surface area contributed by atoms with Crippen LogP contribution in [0.4, 0.5) is 0 Å². The van der Waals surface area contributed by atoms with Gasteiger partial charge in [-0.15, -0.1) is 0 Å². The Hall–Kier alpha value is -2.27. The number of methoxy groups -OCH3 is 1. The molecular weight excluding hydrogens is 296 g/mol. The minimum Gasteiger partial charge on any atom is -0.493 e. The van der Waals surface area contributed by atoms with E-state index < -0.39 is 12.0 Å². The third-order valence-electron chi connectivity index (χ3n) is 3.60. The van der Waals surface area contributed by atoms with Gasteiger partial charge in [0.05, 0.1) is 20.3 Å². The molecule has 5 heteroatoms. The fourth-order valence-electron chi connectivity index (χ4n) is 2.54. The molecule has 2 rings (SSSR count). The van der Waals surface area contributed by atoms with Gasteiger partial charge >= 0.3 is 5.97 Å². The first-order valence-corrected chi connectivity index (χ1v) is 7.49. The number of ether oxygens (including phenoxy) is 4. The molecule has 1 aliphatic heterocycles. The van der Waals surface area contributed by atoms with Crippen LogP contribution in [0.15, 0.2) is 43.0 Å². The summed E-state index contributed by atoms with van der Waals surface area (Å²) in [5.74, 6) is 0.374. The van der Waals surface area contributed by atoms with Gasteiger partial charge in [0.25, 0.3) is 0 Å². The smallest absolute Gasteiger partial charge is 0.316 e. The van der Waals surface area contributed by atoms with E-state index in [1.807, 2.05) is 12.1 Å².